The van der Waals surface area contributed by atoms with Crippen LogP contribution in [0, 0.1) is 12.0 Å². The summed E-state index contributed by atoms with van der Waals surface area (Å²) in [5, 5.41) is 0. The van der Waals surface area contributed by atoms with Crippen LogP contribution in [0.3, 0.4) is 0 Å². The Labute approximate surface area is 80.9 Å². The highest BCUT2D eigenvalue weighted by Crippen LogP contribution is 2.29. The lowest BCUT2D eigenvalue weighted by Gasteiger charge is -2.04. The molecule has 1 saturated carbocycles. The molecule has 12 heavy (non-hydrogen) atoms. The van der Waals surface area contributed by atoms with E-state index in [1.54, 1.807) is 0 Å². The molecule has 2 heteroatoms. The Hall–Kier alpha value is -0.500. The van der Waals surface area contributed by atoms with E-state index in [1.807, 2.05) is 18.2 Å². The molecule has 0 N–H and O–H groups in total. The molecule has 0 aliphatic heterocycles. The van der Waals surface area contributed by atoms with Gasteiger partial charge in [-0.25, -0.2) is 0 Å². The Balaban J connectivity index is 1.92. The molecule has 0 aromatic heterocycles. The Bertz CT molecular complexity index is 268. The fourth-order valence-electron chi connectivity index (χ4n) is 1.01. The van der Waals surface area contributed by atoms with Crippen LogP contribution in [0.25, 0.3) is 0 Å². The lowest BCUT2D eigenvalue weighted by atomic mass is 10.3. The molecule has 1 nitrogen and oxygen atoms in total. The predicted molar refractivity (Wildman–Crippen MR) is 51.2 cm³/mol. The molecule has 0 atom stereocenters. The number of rotatable bonds is 3. The maximum atomic E-state index is 5.56. The van der Waals surface area contributed by atoms with Crippen LogP contribution < -0.4 is 4.74 Å². The maximum absolute atomic E-state index is 5.56. The minimum atomic E-state index is 0.813. The van der Waals surface area contributed by atoms with Crippen LogP contribution in [0.15, 0.2) is 22.7 Å². The summed E-state index contributed by atoms with van der Waals surface area (Å²) in [4.78, 5) is 0. The summed E-state index contributed by atoms with van der Waals surface area (Å²) in [6.07, 6.45) is 2.67. The summed E-state index contributed by atoms with van der Waals surface area (Å²) in [5.41, 5.74) is 0. The van der Waals surface area contributed by atoms with E-state index < -0.39 is 0 Å². The van der Waals surface area contributed by atoms with Crippen molar-refractivity contribution in [3.63, 3.8) is 0 Å². The SMILES string of the molecule is Brc1[c]ccc(OCC2CC2)c1. The Morgan fingerprint density at radius 1 is 1.58 bits per heavy atom. The van der Waals surface area contributed by atoms with Gasteiger partial charge < -0.3 is 4.74 Å². The zero-order chi connectivity index (χ0) is 8.39. The van der Waals surface area contributed by atoms with Crippen molar-refractivity contribution in [2.75, 3.05) is 6.61 Å². The van der Waals surface area contributed by atoms with E-state index in [1.165, 1.54) is 12.8 Å². The lowest BCUT2D eigenvalue weighted by Crippen LogP contribution is -1.98. The topological polar surface area (TPSA) is 9.23 Å². The van der Waals surface area contributed by atoms with Crippen LogP contribution >= 0.6 is 15.9 Å². The van der Waals surface area contributed by atoms with Gasteiger partial charge in [-0.15, -0.1) is 0 Å². The van der Waals surface area contributed by atoms with Gasteiger partial charge in [-0.3, -0.25) is 0 Å². The van der Waals surface area contributed by atoms with Crippen LogP contribution in [0.4, 0.5) is 0 Å². The van der Waals surface area contributed by atoms with Crippen molar-refractivity contribution in [2.45, 2.75) is 12.8 Å². The van der Waals surface area contributed by atoms with Gasteiger partial charge >= 0.3 is 0 Å². The van der Waals surface area contributed by atoms with Gasteiger partial charge in [0.05, 0.1) is 6.61 Å². The number of halogens is 1. The highest BCUT2D eigenvalue weighted by atomic mass is 79.9. The zero-order valence-electron chi connectivity index (χ0n) is 6.72. The molecule has 1 radical (unpaired) electrons. The summed E-state index contributed by atoms with van der Waals surface area (Å²) in [6, 6.07) is 8.76. The minimum Gasteiger partial charge on any atom is -0.493 e. The first-order valence-electron chi connectivity index (χ1n) is 4.14. The summed E-state index contributed by atoms with van der Waals surface area (Å²) in [6.45, 7) is 0.871. The van der Waals surface area contributed by atoms with Crippen LogP contribution in [0.1, 0.15) is 12.8 Å². The monoisotopic (exact) mass is 225 g/mol. The van der Waals surface area contributed by atoms with Crippen molar-refractivity contribution < 1.29 is 4.74 Å². The predicted octanol–water partition coefficient (Wildman–Crippen LogP) is 3.04. The third kappa shape index (κ3) is 2.24. The van der Waals surface area contributed by atoms with Gasteiger partial charge in [0.25, 0.3) is 0 Å². The van der Waals surface area contributed by atoms with Crippen molar-refractivity contribution in [2.24, 2.45) is 5.92 Å². The number of hydrogen-bond donors (Lipinski definition) is 0. The van der Waals surface area contributed by atoms with Gasteiger partial charge in [-0.05, 0) is 43.0 Å². The molecule has 63 valence electrons. The largest absolute Gasteiger partial charge is 0.493 e. The molecule has 1 fully saturated rings. The lowest BCUT2D eigenvalue weighted by molar-refractivity contribution is 0.299. The van der Waals surface area contributed by atoms with Gasteiger partial charge in [0.2, 0.25) is 0 Å². The van der Waals surface area contributed by atoms with Crippen LogP contribution in [-0.2, 0) is 0 Å². The first-order chi connectivity index (χ1) is 5.84. The molecule has 1 aliphatic rings. The standard InChI is InChI=1S/C10H10BrO/c11-9-2-1-3-10(6-9)12-7-8-4-5-8/h1,3,6,8H,4-5,7H2. The highest BCUT2D eigenvalue weighted by molar-refractivity contribution is 9.10. The third-order valence-electron chi connectivity index (χ3n) is 1.92. The highest BCUT2D eigenvalue weighted by Gasteiger charge is 2.21. The fourth-order valence-corrected chi connectivity index (χ4v) is 1.36. The van der Waals surface area contributed by atoms with Gasteiger partial charge in [0, 0.05) is 4.47 Å². The van der Waals surface area contributed by atoms with Crippen molar-refractivity contribution in [3.05, 3.63) is 28.7 Å². The quantitative estimate of drug-likeness (QED) is 0.769. The molecular formula is C10H10BrO. The maximum Gasteiger partial charge on any atom is 0.120 e. The number of hydrogen-bond acceptors (Lipinski definition) is 1. The zero-order valence-corrected chi connectivity index (χ0v) is 8.30. The second kappa shape index (κ2) is 3.48. The second-order valence-electron chi connectivity index (χ2n) is 3.13. The Morgan fingerprint density at radius 3 is 3.08 bits per heavy atom. The smallest absolute Gasteiger partial charge is 0.120 e. The third-order valence-corrected chi connectivity index (χ3v) is 2.38. The van der Waals surface area contributed by atoms with E-state index in [0.717, 1.165) is 22.7 Å². The van der Waals surface area contributed by atoms with Gasteiger partial charge in [0.15, 0.2) is 0 Å². The summed E-state index contributed by atoms with van der Waals surface area (Å²) >= 11 is 3.35. The van der Waals surface area contributed by atoms with Crippen LogP contribution in [0.2, 0.25) is 0 Å². The molecule has 0 amide bonds. The molecular weight excluding hydrogens is 216 g/mol. The van der Waals surface area contributed by atoms with Crippen molar-refractivity contribution >= 4 is 15.9 Å². The summed E-state index contributed by atoms with van der Waals surface area (Å²) < 4.78 is 6.52. The normalized spacial score (nSPS) is 16.1. The molecule has 0 spiro atoms. The van der Waals surface area contributed by atoms with Gasteiger partial charge in [0.1, 0.15) is 5.75 Å². The molecule has 0 bridgehead atoms. The van der Waals surface area contributed by atoms with E-state index in [9.17, 15) is 0 Å². The van der Waals surface area contributed by atoms with E-state index in [4.69, 9.17) is 4.74 Å². The Kier molecular flexibility index (Phi) is 2.35. The molecule has 2 rings (SSSR count). The molecule has 1 aromatic rings. The van der Waals surface area contributed by atoms with Crippen LogP contribution in [0.5, 0.6) is 5.75 Å². The molecule has 0 saturated heterocycles. The minimum absolute atomic E-state index is 0.813. The van der Waals surface area contributed by atoms with Crippen molar-refractivity contribution in [1.29, 1.82) is 0 Å². The first kappa shape index (κ1) is 8.11. The van der Waals surface area contributed by atoms with Gasteiger partial charge in [-0.2, -0.15) is 0 Å². The summed E-state index contributed by atoms with van der Waals surface area (Å²) in [5.74, 6) is 1.75. The van der Waals surface area contributed by atoms with E-state index in [-0.39, 0.29) is 0 Å². The average molecular weight is 226 g/mol. The van der Waals surface area contributed by atoms with Crippen LogP contribution in [-0.4, -0.2) is 6.61 Å². The van der Waals surface area contributed by atoms with E-state index >= 15 is 0 Å². The Morgan fingerprint density at radius 2 is 2.42 bits per heavy atom. The van der Waals surface area contributed by atoms with E-state index in [0.29, 0.717) is 0 Å². The number of benzene rings is 1. The second-order valence-corrected chi connectivity index (χ2v) is 3.98. The van der Waals surface area contributed by atoms with Crippen molar-refractivity contribution in [1.82, 2.24) is 0 Å². The molecule has 1 aliphatic carbocycles. The first-order valence-corrected chi connectivity index (χ1v) is 4.94. The summed E-state index contributed by atoms with van der Waals surface area (Å²) in [7, 11) is 0. The molecule has 0 heterocycles. The van der Waals surface area contributed by atoms with Crippen molar-refractivity contribution in [3.8, 4) is 5.75 Å². The fraction of sp³-hybridized carbons (Fsp3) is 0.400. The van der Waals surface area contributed by atoms with E-state index in [2.05, 4.69) is 22.0 Å². The number of ether oxygens (including phenoxy) is 1. The molecule has 0 unspecified atom stereocenters. The molecule has 1 aromatic carbocycles. The van der Waals surface area contributed by atoms with Gasteiger partial charge in [-0.1, -0.05) is 15.9 Å². The average Bonchev–Trinajstić information content (AvgIpc) is 2.84.